The van der Waals surface area contributed by atoms with Crippen LogP contribution in [0.3, 0.4) is 0 Å². The van der Waals surface area contributed by atoms with Gasteiger partial charge in [0, 0.05) is 11.8 Å². The second-order valence-electron chi connectivity index (χ2n) is 4.85. The minimum absolute atomic E-state index is 0.213. The molecule has 0 amide bonds. The predicted molar refractivity (Wildman–Crippen MR) is 92.7 cm³/mol. The molecule has 0 fully saturated rings. The van der Waals surface area contributed by atoms with Crippen molar-refractivity contribution in [3.8, 4) is 5.75 Å². The molecule has 7 heteroatoms. The van der Waals surface area contributed by atoms with Gasteiger partial charge in [-0.2, -0.15) is 5.10 Å². The largest absolute Gasteiger partial charge is 0.492 e. The van der Waals surface area contributed by atoms with Gasteiger partial charge in [0.25, 0.3) is 5.56 Å². The first kappa shape index (κ1) is 17.0. The topological polar surface area (TPSA) is 79.4 Å². The molecule has 1 heterocycles. The molecule has 6 nitrogen and oxygen atoms in total. The van der Waals surface area contributed by atoms with Crippen molar-refractivity contribution in [3.63, 3.8) is 0 Å². The molecular weight excluding hydrogens is 316 g/mol. The van der Waals surface area contributed by atoms with Gasteiger partial charge in [0.1, 0.15) is 5.75 Å². The Morgan fingerprint density at radius 1 is 1.39 bits per heavy atom. The second kappa shape index (κ2) is 8.33. The molecule has 0 atom stereocenters. The minimum atomic E-state index is -0.213. The van der Waals surface area contributed by atoms with E-state index in [-0.39, 0.29) is 5.56 Å². The molecule has 0 aliphatic carbocycles. The summed E-state index contributed by atoms with van der Waals surface area (Å²) in [5.74, 6) is 0.958. The molecule has 0 aliphatic rings. The van der Waals surface area contributed by atoms with E-state index in [2.05, 4.69) is 20.5 Å². The molecule has 0 saturated heterocycles. The Hall–Kier alpha value is -2.34. The first-order valence-electron chi connectivity index (χ1n) is 7.44. The van der Waals surface area contributed by atoms with Gasteiger partial charge in [-0.05, 0) is 36.6 Å². The maximum Gasteiger partial charge on any atom is 0.252 e. The second-order valence-corrected chi connectivity index (χ2v) is 5.25. The van der Waals surface area contributed by atoms with Crippen molar-refractivity contribution in [3.05, 3.63) is 50.9 Å². The molecule has 1 aromatic carbocycles. The number of halogens is 1. The van der Waals surface area contributed by atoms with Crippen LogP contribution in [0.15, 0.2) is 34.2 Å². The minimum Gasteiger partial charge on any atom is -0.492 e. The van der Waals surface area contributed by atoms with Gasteiger partial charge in [0.15, 0.2) is 0 Å². The van der Waals surface area contributed by atoms with Crippen molar-refractivity contribution >= 4 is 23.8 Å². The molecule has 1 aromatic heterocycles. The highest BCUT2D eigenvalue weighted by Gasteiger charge is 2.02. The molecule has 2 N–H and O–H groups in total. The van der Waals surface area contributed by atoms with Crippen LogP contribution in [0.1, 0.15) is 31.5 Å². The van der Waals surface area contributed by atoms with Crippen LogP contribution in [0.2, 0.25) is 5.02 Å². The molecule has 0 bridgehead atoms. The van der Waals surface area contributed by atoms with E-state index in [1.807, 2.05) is 19.9 Å². The van der Waals surface area contributed by atoms with Crippen molar-refractivity contribution in [1.29, 1.82) is 0 Å². The summed E-state index contributed by atoms with van der Waals surface area (Å²) >= 11 is 6.15. The number of nitrogens with zero attached hydrogens (tertiary/aromatic N) is 2. The summed E-state index contributed by atoms with van der Waals surface area (Å²) in [7, 11) is 0. The maximum absolute atomic E-state index is 11.5. The van der Waals surface area contributed by atoms with Crippen molar-refractivity contribution in [1.82, 2.24) is 9.97 Å². The number of anilines is 1. The first-order chi connectivity index (χ1) is 11.1. The van der Waals surface area contributed by atoms with Gasteiger partial charge in [-0.15, -0.1) is 0 Å². The van der Waals surface area contributed by atoms with Crippen LogP contribution < -0.4 is 15.7 Å². The monoisotopic (exact) mass is 334 g/mol. The number of hydrogen-bond acceptors (Lipinski definition) is 5. The Kier molecular flexibility index (Phi) is 6.17. The molecule has 2 rings (SSSR count). The third kappa shape index (κ3) is 5.10. The summed E-state index contributed by atoms with van der Waals surface area (Å²) in [5, 5.41) is 4.58. The molecule has 2 aromatic rings. The summed E-state index contributed by atoms with van der Waals surface area (Å²) in [5.41, 5.74) is 4.00. The Balaban J connectivity index is 2.04. The molecule has 0 spiro atoms. The van der Waals surface area contributed by atoms with Crippen LogP contribution in [-0.4, -0.2) is 22.8 Å². The van der Waals surface area contributed by atoms with Gasteiger partial charge in [-0.1, -0.05) is 25.4 Å². The van der Waals surface area contributed by atoms with Crippen LogP contribution in [0.5, 0.6) is 5.75 Å². The Morgan fingerprint density at radius 3 is 2.91 bits per heavy atom. The predicted octanol–water partition coefficient (Wildman–Crippen LogP) is 3.22. The van der Waals surface area contributed by atoms with E-state index in [0.717, 1.165) is 12.0 Å². The molecule has 23 heavy (non-hydrogen) atoms. The van der Waals surface area contributed by atoms with Crippen molar-refractivity contribution in [2.45, 2.75) is 26.7 Å². The molecule has 122 valence electrons. The summed E-state index contributed by atoms with van der Waals surface area (Å²) in [6.07, 6.45) is 3.19. The highest BCUT2D eigenvalue weighted by atomic mass is 35.5. The standard InChI is InChI=1S/C16H19ClN4O2/c1-3-7-23-14-6-5-11(8-13(14)17)10-18-21-16-19-12(4-2)9-15(22)20-16/h5-6,8-10H,3-4,7H2,1-2H3,(H2,19,20,21,22)/b18-10-. The Morgan fingerprint density at radius 2 is 2.22 bits per heavy atom. The average Bonchev–Trinajstić information content (AvgIpc) is 2.53. The van der Waals surface area contributed by atoms with Crippen molar-refractivity contribution in [2.75, 3.05) is 12.0 Å². The lowest BCUT2D eigenvalue weighted by Gasteiger charge is -2.07. The highest BCUT2D eigenvalue weighted by molar-refractivity contribution is 6.32. The lowest BCUT2D eigenvalue weighted by Crippen LogP contribution is -2.11. The highest BCUT2D eigenvalue weighted by Crippen LogP contribution is 2.25. The number of benzene rings is 1. The number of hydrogen-bond donors (Lipinski definition) is 2. The molecule has 0 aliphatic heterocycles. The van der Waals surface area contributed by atoms with E-state index in [0.29, 0.717) is 35.4 Å². The van der Waals surface area contributed by atoms with E-state index in [1.54, 1.807) is 18.3 Å². The molecule has 0 saturated carbocycles. The number of rotatable bonds is 7. The fraction of sp³-hybridized carbons (Fsp3) is 0.312. The third-order valence-electron chi connectivity index (χ3n) is 2.96. The number of ether oxygens (including phenoxy) is 1. The first-order valence-corrected chi connectivity index (χ1v) is 7.81. The SMILES string of the molecule is CCCOc1ccc(/C=N\Nc2nc(CC)cc(=O)[nH]2)cc1Cl. The van der Waals surface area contributed by atoms with Gasteiger partial charge in [-0.25, -0.2) is 10.4 Å². The van der Waals surface area contributed by atoms with E-state index in [9.17, 15) is 4.79 Å². The number of aromatic amines is 1. The number of hydrazone groups is 1. The van der Waals surface area contributed by atoms with Crippen molar-refractivity contribution in [2.24, 2.45) is 5.10 Å². The zero-order chi connectivity index (χ0) is 16.7. The van der Waals surface area contributed by atoms with Gasteiger partial charge in [-0.3, -0.25) is 9.78 Å². The van der Waals surface area contributed by atoms with Crippen LogP contribution >= 0.6 is 11.6 Å². The van der Waals surface area contributed by atoms with Crippen LogP contribution in [-0.2, 0) is 6.42 Å². The van der Waals surface area contributed by atoms with E-state index in [4.69, 9.17) is 16.3 Å². The van der Waals surface area contributed by atoms with Gasteiger partial charge in [0.2, 0.25) is 5.95 Å². The molecular formula is C16H19ClN4O2. The number of H-pyrrole nitrogens is 1. The van der Waals surface area contributed by atoms with Crippen LogP contribution in [0.4, 0.5) is 5.95 Å². The fourth-order valence-corrected chi connectivity index (χ4v) is 2.08. The summed E-state index contributed by atoms with van der Waals surface area (Å²) in [6, 6.07) is 6.87. The zero-order valence-corrected chi connectivity index (χ0v) is 13.9. The zero-order valence-electron chi connectivity index (χ0n) is 13.1. The Bertz CT molecular complexity index is 743. The fourth-order valence-electron chi connectivity index (χ4n) is 1.84. The summed E-state index contributed by atoms with van der Waals surface area (Å²) in [6.45, 7) is 4.59. The maximum atomic E-state index is 11.5. The normalized spacial score (nSPS) is 10.9. The van der Waals surface area contributed by atoms with E-state index >= 15 is 0 Å². The van der Waals surface area contributed by atoms with Crippen LogP contribution in [0, 0.1) is 0 Å². The van der Waals surface area contributed by atoms with E-state index < -0.39 is 0 Å². The third-order valence-corrected chi connectivity index (χ3v) is 3.25. The van der Waals surface area contributed by atoms with Gasteiger partial charge < -0.3 is 4.74 Å². The molecule has 0 unspecified atom stereocenters. The van der Waals surface area contributed by atoms with Gasteiger partial charge in [0.05, 0.1) is 17.8 Å². The van der Waals surface area contributed by atoms with Crippen molar-refractivity contribution < 1.29 is 4.74 Å². The average molecular weight is 335 g/mol. The lowest BCUT2D eigenvalue weighted by atomic mass is 10.2. The van der Waals surface area contributed by atoms with E-state index in [1.165, 1.54) is 6.07 Å². The van der Waals surface area contributed by atoms with Gasteiger partial charge >= 0.3 is 0 Å². The number of aromatic nitrogens is 2. The summed E-state index contributed by atoms with van der Waals surface area (Å²) in [4.78, 5) is 18.2. The number of nitrogens with one attached hydrogen (secondary N) is 2. The van der Waals surface area contributed by atoms with Crippen LogP contribution in [0.25, 0.3) is 0 Å². The summed E-state index contributed by atoms with van der Waals surface area (Å²) < 4.78 is 5.51. The lowest BCUT2D eigenvalue weighted by molar-refractivity contribution is 0.317. The quantitative estimate of drug-likeness (QED) is 0.602. The smallest absolute Gasteiger partial charge is 0.252 e. The molecule has 0 radical (unpaired) electrons. The Labute approximate surface area is 139 Å². The number of aryl methyl sites for hydroxylation is 1.